The van der Waals surface area contributed by atoms with Crippen LogP contribution in [0, 0.1) is 0 Å². The Kier molecular flexibility index (Phi) is 2.84. The highest BCUT2D eigenvalue weighted by Crippen LogP contribution is 2.43. The van der Waals surface area contributed by atoms with Gasteiger partial charge in [-0.1, -0.05) is 23.2 Å². The number of hydrogen-bond donors (Lipinski definition) is 1. The van der Waals surface area contributed by atoms with Gasteiger partial charge in [0, 0.05) is 22.8 Å². The molecule has 0 saturated heterocycles. The van der Waals surface area contributed by atoms with Crippen LogP contribution in [-0.4, -0.2) is 14.5 Å². The van der Waals surface area contributed by atoms with Crippen molar-refractivity contribution in [3.63, 3.8) is 0 Å². The number of halogens is 2. The van der Waals surface area contributed by atoms with E-state index in [1.54, 1.807) is 18.5 Å². The van der Waals surface area contributed by atoms with Crippen LogP contribution in [0.2, 0.25) is 10.0 Å². The number of fused-ring (bicyclic) bond motifs is 1. The van der Waals surface area contributed by atoms with Gasteiger partial charge in [0.1, 0.15) is 11.3 Å². The molecule has 0 radical (unpaired) electrons. The molecule has 0 unspecified atom stereocenters. The molecule has 4 rings (SSSR count). The summed E-state index contributed by atoms with van der Waals surface area (Å²) in [7, 11) is 0. The van der Waals surface area contributed by atoms with Crippen molar-refractivity contribution in [1.82, 2.24) is 14.5 Å². The molecule has 3 aromatic rings. The van der Waals surface area contributed by atoms with E-state index in [2.05, 4.69) is 9.55 Å². The number of nitrogen functional groups attached to an aromatic ring is 1. The lowest BCUT2D eigenvalue weighted by atomic mass is 10.1. The minimum Gasteiger partial charge on any atom is -0.397 e. The van der Waals surface area contributed by atoms with Crippen LogP contribution in [-0.2, 0) is 0 Å². The van der Waals surface area contributed by atoms with E-state index in [0.717, 1.165) is 35.3 Å². The Morgan fingerprint density at radius 1 is 1.24 bits per heavy atom. The maximum Gasteiger partial charge on any atom is 0.143 e. The summed E-state index contributed by atoms with van der Waals surface area (Å²) < 4.78 is 2.22. The van der Waals surface area contributed by atoms with E-state index < -0.39 is 0 Å². The monoisotopic (exact) mass is 318 g/mol. The van der Waals surface area contributed by atoms with E-state index >= 15 is 0 Å². The van der Waals surface area contributed by atoms with Crippen LogP contribution in [0.5, 0.6) is 0 Å². The quantitative estimate of drug-likeness (QED) is 0.716. The fourth-order valence-corrected chi connectivity index (χ4v) is 3.11. The SMILES string of the molecule is Nc1c(Cl)cc(Cl)cc1-c1nc2cnccc2n1C1CC1. The minimum absolute atomic E-state index is 0.449. The van der Waals surface area contributed by atoms with Gasteiger partial charge in [-0.05, 0) is 31.0 Å². The van der Waals surface area contributed by atoms with Crippen LogP contribution in [0.4, 0.5) is 5.69 Å². The summed E-state index contributed by atoms with van der Waals surface area (Å²) in [6.45, 7) is 0. The number of aromatic nitrogens is 3. The summed E-state index contributed by atoms with van der Waals surface area (Å²) >= 11 is 12.3. The molecule has 4 nitrogen and oxygen atoms in total. The molecule has 1 aromatic carbocycles. The average molecular weight is 319 g/mol. The zero-order chi connectivity index (χ0) is 14.6. The lowest BCUT2D eigenvalue weighted by Crippen LogP contribution is -2.00. The van der Waals surface area contributed by atoms with Crippen LogP contribution in [0.15, 0.2) is 30.6 Å². The number of anilines is 1. The number of rotatable bonds is 2. The highest BCUT2D eigenvalue weighted by molar-refractivity contribution is 6.37. The molecule has 1 fully saturated rings. The first-order valence-corrected chi connectivity index (χ1v) is 7.47. The molecule has 0 aliphatic heterocycles. The number of imidazole rings is 1. The fraction of sp³-hybridized carbons (Fsp3) is 0.200. The number of nitrogens with two attached hydrogens (primary N) is 1. The third kappa shape index (κ3) is 2.06. The van der Waals surface area contributed by atoms with Crippen LogP contribution >= 0.6 is 23.2 Å². The Morgan fingerprint density at radius 3 is 2.81 bits per heavy atom. The molecular formula is C15H12Cl2N4. The van der Waals surface area contributed by atoms with E-state index in [1.165, 1.54) is 0 Å². The lowest BCUT2D eigenvalue weighted by Gasteiger charge is -2.11. The third-order valence-electron chi connectivity index (χ3n) is 3.74. The van der Waals surface area contributed by atoms with Crippen LogP contribution in [0.3, 0.4) is 0 Å². The van der Waals surface area contributed by atoms with Crippen molar-refractivity contribution >= 4 is 39.9 Å². The average Bonchev–Trinajstić information content (AvgIpc) is 3.23. The molecule has 1 aliphatic carbocycles. The van der Waals surface area contributed by atoms with E-state index in [1.807, 2.05) is 12.1 Å². The van der Waals surface area contributed by atoms with Gasteiger partial charge in [0.2, 0.25) is 0 Å². The van der Waals surface area contributed by atoms with Crippen molar-refractivity contribution < 1.29 is 0 Å². The summed E-state index contributed by atoms with van der Waals surface area (Å²) in [4.78, 5) is 8.83. The van der Waals surface area contributed by atoms with Crippen LogP contribution < -0.4 is 5.73 Å². The van der Waals surface area contributed by atoms with E-state index in [0.29, 0.717) is 21.8 Å². The molecule has 0 atom stereocenters. The summed E-state index contributed by atoms with van der Waals surface area (Å²) in [5, 5.41) is 1.00. The topological polar surface area (TPSA) is 56.7 Å². The van der Waals surface area contributed by atoms with E-state index in [-0.39, 0.29) is 0 Å². The normalized spacial score (nSPS) is 14.8. The zero-order valence-corrected chi connectivity index (χ0v) is 12.6. The van der Waals surface area contributed by atoms with Gasteiger partial charge in [-0.2, -0.15) is 0 Å². The summed E-state index contributed by atoms with van der Waals surface area (Å²) in [6.07, 6.45) is 5.84. The first kappa shape index (κ1) is 12.9. The fourth-order valence-electron chi connectivity index (χ4n) is 2.61. The second kappa shape index (κ2) is 4.61. The number of hydrogen-bond acceptors (Lipinski definition) is 3. The second-order valence-electron chi connectivity index (χ2n) is 5.25. The molecule has 0 spiro atoms. The molecule has 2 aromatic heterocycles. The molecule has 2 N–H and O–H groups in total. The molecule has 1 saturated carbocycles. The molecule has 2 heterocycles. The van der Waals surface area contributed by atoms with Crippen molar-refractivity contribution in [2.24, 2.45) is 0 Å². The largest absolute Gasteiger partial charge is 0.397 e. The second-order valence-corrected chi connectivity index (χ2v) is 6.09. The van der Waals surface area contributed by atoms with Gasteiger partial charge in [-0.15, -0.1) is 0 Å². The molecule has 1 aliphatic rings. The Hall–Kier alpha value is -1.78. The molecular weight excluding hydrogens is 307 g/mol. The predicted octanol–water partition coefficient (Wildman–Crippen LogP) is 4.32. The summed E-state index contributed by atoms with van der Waals surface area (Å²) in [5.74, 6) is 0.808. The van der Waals surface area contributed by atoms with Gasteiger partial charge in [0.05, 0.1) is 22.4 Å². The van der Waals surface area contributed by atoms with Crippen LogP contribution in [0.1, 0.15) is 18.9 Å². The Balaban J connectivity index is 2.05. The molecule has 0 bridgehead atoms. The maximum absolute atomic E-state index is 6.16. The first-order chi connectivity index (χ1) is 10.1. The summed E-state index contributed by atoms with van der Waals surface area (Å²) in [6, 6.07) is 5.90. The van der Waals surface area contributed by atoms with Crippen molar-refractivity contribution in [1.29, 1.82) is 0 Å². The van der Waals surface area contributed by atoms with Crippen molar-refractivity contribution in [3.8, 4) is 11.4 Å². The van der Waals surface area contributed by atoms with Crippen molar-refractivity contribution in [2.75, 3.05) is 5.73 Å². The highest BCUT2D eigenvalue weighted by atomic mass is 35.5. The first-order valence-electron chi connectivity index (χ1n) is 6.72. The Bertz CT molecular complexity index is 852. The number of nitrogens with zero attached hydrogens (tertiary/aromatic N) is 3. The van der Waals surface area contributed by atoms with E-state index in [4.69, 9.17) is 33.9 Å². The molecule has 21 heavy (non-hydrogen) atoms. The Labute approximate surface area is 131 Å². The van der Waals surface area contributed by atoms with Crippen LogP contribution in [0.25, 0.3) is 22.4 Å². The van der Waals surface area contributed by atoms with Crippen molar-refractivity contribution in [2.45, 2.75) is 18.9 Å². The zero-order valence-electron chi connectivity index (χ0n) is 11.1. The lowest BCUT2D eigenvalue weighted by molar-refractivity contribution is 0.775. The minimum atomic E-state index is 0.449. The highest BCUT2D eigenvalue weighted by Gasteiger charge is 2.29. The van der Waals surface area contributed by atoms with Gasteiger partial charge < -0.3 is 10.3 Å². The van der Waals surface area contributed by atoms with Gasteiger partial charge in [-0.3, -0.25) is 4.98 Å². The van der Waals surface area contributed by atoms with E-state index in [9.17, 15) is 0 Å². The standard InChI is InChI=1S/C15H12Cl2N4/c16-8-5-10(14(18)11(17)6-8)15-20-12-7-19-4-3-13(12)21(15)9-1-2-9/h3-7,9H,1-2,18H2. The van der Waals surface area contributed by atoms with Gasteiger partial charge >= 0.3 is 0 Å². The maximum atomic E-state index is 6.16. The Morgan fingerprint density at radius 2 is 2.05 bits per heavy atom. The summed E-state index contributed by atoms with van der Waals surface area (Å²) in [5.41, 5.74) is 9.34. The molecule has 0 amide bonds. The molecule has 6 heteroatoms. The van der Waals surface area contributed by atoms with Gasteiger partial charge in [0.15, 0.2) is 0 Å². The molecule has 106 valence electrons. The predicted molar refractivity (Wildman–Crippen MR) is 85.7 cm³/mol. The number of benzene rings is 1. The van der Waals surface area contributed by atoms with Gasteiger partial charge in [0.25, 0.3) is 0 Å². The van der Waals surface area contributed by atoms with Crippen molar-refractivity contribution in [3.05, 3.63) is 40.6 Å². The van der Waals surface area contributed by atoms with Gasteiger partial charge in [-0.25, -0.2) is 4.98 Å². The smallest absolute Gasteiger partial charge is 0.143 e. The third-order valence-corrected chi connectivity index (χ3v) is 4.27. The number of pyridine rings is 1.